The van der Waals surface area contributed by atoms with Gasteiger partial charge in [0, 0.05) is 38.2 Å². The van der Waals surface area contributed by atoms with E-state index in [1.54, 1.807) is 0 Å². The van der Waals surface area contributed by atoms with Gasteiger partial charge in [-0.05, 0) is 26.3 Å². The molecule has 0 aromatic rings. The summed E-state index contributed by atoms with van der Waals surface area (Å²) in [7, 11) is 1.83. The molecule has 2 saturated heterocycles. The van der Waals surface area contributed by atoms with Crippen LogP contribution in [0, 0.1) is 5.92 Å². The van der Waals surface area contributed by atoms with Crippen molar-refractivity contribution in [3.8, 4) is 0 Å². The monoisotopic (exact) mass is 256 g/mol. The standard InChI is InChI=1S/C14H28N2O2/c1-4-15-14-10-18-9-12(14)8-16-6-5-13(17-3)7-11(16)2/h11-15H,4-10H2,1-3H3. The van der Waals surface area contributed by atoms with Crippen LogP contribution in [0.1, 0.15) is 26.7 Å². The average molecular weight is 256 g/mol. The van der Waals surface area contributed by atoms with Crippen LogP contribution >= 0.6 is 0 Å². The molecule has 4 heteroatoms. The van der Waals surface area contributed by atoms with Gasteiger partial charge in [-0.3, -0.25) is 0 Å². The Morgan fingerprint density at radius 3 is 2.89 bits per heavy atom. The number of methoxy groups -OCH3 is 1. The van der Waals surface area contributed by atoms with Crippen LogP contribution in [-0.2, 0) is 9.47 Å². The number of rotatable bonds is 5. The van der Waals surface area contributed by atoms with Crippen molar-refractivity contribution >= 4 is 0 Å². The maximum Gasteiger partial charge on any atom is 0.0623 e. The minimum Gasteiger partial charge on any atom is -0.381 e. The topological polar surface area (TPSA) is 33.7 Å². The highest BCUT2D eigenvalue weighted by Crippen LogP contribution is 2.23. The van der Waals surface area contributed by atoms with Crippen molar-refractivity contribution in [2.24, 2.45) is 5.92 Å². The van der Waals surface area contributed by atoms with Crippen molar-refractivity contribution < 1.29 is 9.47 Å². The molecule has 4 unspecified atom stereocenters. The van der Waals surface area contributed by atoms with Crippen molar-refractivity contribution in [3.05, 3.63) is 0 Å². The Labute approximate surface area is 111 Å². The smallest absolute Gasteiger partial charge is 0.0623 e. The van der Waals surface area contributed by atoms with Gasteiger partial charge in [-0.1, -0.05) is 6.92 Å². The largest absolute Gasteiger partial charge is 0.381 e. The lowest BCUT2D eigenvalue weighted by atomic mass is 9.96. The molecule has 4 atom stereocenters. The van der Waals surface area contributed by atoms with E-state index in [9.17, 15) is 0 Å². The van der Waals surface area contributed by atoms with Gasteiger partial charge < -0.3 is 19.7 Å². The fourth-order valence-corrected chi connectivity index (χ4v) is 3.23. The Morgan fingerprint density at radius 1 is 1.39 bits per heavy atom. The number of hydrogen-bond acceptors (Lipinski definition) is 4. The van der Waals surface area contributed by atoms with Gasteiger partial charge in [0.1, 0.15) is 0 Å². The first kappa shape index (κ1) is 14.3. The van der Waals surface area contributed by atoms with Crippen molar-refractivity contribution in [1.29, 1.82) is 0 Å². The van der Waals surface area contributed by atoms with Gasteiger partial charge in [0.25, 0.3) is 0 Å². The van der Waals surface area contributed by atoms with Gasteiger partial charge in [-0.25, -0.2) is 0 Å². The summed E-state index contributed by atoms with van der Waals surface area (Å²) in [5.41, 5.74) is 0. The van der Waals surface area contributed by atoms with Gasteiger partial charge in [0.15, 0.2) is 0 Å². The lowest BCUT2D eigenvalue weighted by Gasteiger charge is -2.39. The number of likely N-dealkylation sites (N-methyl/N-ethyl adjacent to an activating group) is 1. The zero-order valence-corrected chi connectivity index (χ0v) is 12.0. The number of piperidine rings is 1. The first-order chi connectivity index (χ1) is 8.74. The molecule has 0 saturated carbocycles. The van der Waals surface area contributed by atoms with E-state index < -0.39 is 0 Å². The molecule has 0 bridgehead atoms. The van der Waals surface area contributed by atoms with E-state index in [2.05, 4.69) is 24.1 Å². The van der Waals surface area contributed by atoms with Crippen molar-refractivity contribution in [2.75, 3.05) is 40.0 Å². The number of hydrogen-bond donors (Lipinski definition) is 1. The zero-order chi connectivity index (χ0) is 13.0. The molecule has 18 heavy (non-hydrogen) atoms. The first-order valence-corrected chi connectivity index (χ1v) is 7.32. The van der Waals surface area contributed by atoms with Gasteiger partial charge in [-0.2, -0.15) is 0 Å². The predicted molar refractivity (Wildman–Crippen MR) is 72.8 cm³/mol. The molecule has 0 amide bonds. The van der Waals surface area contributed by atoms with Crippen LogP contribution in [0.3, 0.4) is 0 Å². The van der Waals surface area contributed by atoms with Crippen LogP contribution in [0.2, 0.25) is 0 Å². The second-order valence-corrected chi connectivity index (χ2v) is 5.69. The van der Waals surface area contributed by atoms with E-state index in [1.807, 2.05) is 7.11 Å². The van der Waals surface area contributed by atoms with Crippen LogP contribution in [0.15, 0.2) is 0 Å². The number of nitrogens with zero attached hydrogens (tertiary/aromatic N) is 1. The molecule has 2 aliphatic rings. The summed E-state index contributed by atoms with van der Waals surface area (Å²) in [6.07, 6.45) is 2.79. The quantitative estimate of drug-likeness (QED) is 0.799. The number of ether oxygens (including phenoxy) is 2. The summed E-state index contributed by atoms with van der Waals surface area (Å²) in [6.45, 7) is 9.64. The molecule has 0 aromatic heterocycles. The predicted octanol–water partition coefficient (Wildman–Crippen LogP) is 1.11. The van der Waals surface area contributed by atoms with Crippen molar-refractivity contribution in [2.45, 2.75) is 44.9 Å². The highest BCUT2D eigenvalue weighted by molar-refractivity contribution is 4.87. The van der Waals surface area contributed by atoms with Crippen LogP contribution in [0.5, 0.6) is 0 Å². The Kier molecular flexibility index (Phi) is 5.42. The number of nitrogens with one attached hydrogen (secondary N) is 1. The normalized spacial score (nSPS) is 38.2. The maximum absolute atomic E-state index is 5.63. The van der Waals surface area contributed by atoms with Gasteiger partial charge in [-0.15, -0.1) is 0 Å². The Hall–Kier alpha value is -0.160. The number of likely N-dealkylation sites (tertiary alicyclic amines) is 1. The fourth-order valence-electron chi connectivity index (χ4n) is 3.23. The molecular formula is C14H28N2O2. The summed E-state index contributed by atoms with van der Waals surface area (Å²) in [4.78, 5) is 2.61. The molecule has 2 aliphatic heterocycles. The minimum atomic E-state index is 0.459. The second kappa shape index (κ2) is 6.85. The van der Waals surface area contributed by atoms with E-state index in [-0.39, 0.29) is 0 Å². The molecule has 1 N–H and O–H groups in total. The molecule has 2 heterocycles. The third-order valence-corrected chi connectivity index (χ3v) is 4.43. The third kappa shape index (κ3) is 3.44. The summed E-state index contributed by atoms with van der Waals surface area (Å²) < 4.78 is 11.1. The highest BCUT2D eigenvalue weighted by Gasteiger charge is 2.32. The zero-order valence-electron chi connectivity index (χ0n) is 12.0. The Bertz CT molecular complexity index is 250. The Morgan fingerprint density at radius 2 is 2.22 bits per heavy atom. The van der Waals surface area contributed by atoms with Gasteiger partial charge in [0.2, 0.25) is 0 Å². The molecule has 106 valence electrons. The third-order valence-electron chi connectivity index (χ3n) is 4.43. The van der Waals surface area contributed by atoms with E-state index in [0.717, 1.165) is 39.3 Å². The average Bonchev–Trinajstić information content (AvgIpc) is 2.80. The summed E-state index contributed by atoms with van der Waals surface area (Å²) in [6, 6.07) is 1.17. The van der Waals surface area contributed by atoms with Crippen LogP contribution in [0.4, 0.5) is 0 Å². The van der Waals surface area contributed by atoms with Crippen LogP contribution in [-0.4, -0.2) is 63.0 Å². The van der Waals surface area contributed by atoms with E-state index in [0.29, 0.717) is 24.1 Å². The summed E-state index contributed by atoms with van der Waals surface area (Å²) >= 11 is 0. The van der Waals surface area contributed by atoms with Crippen LogP contribution < -0.4 is 5.32 Å². The van der Waals surface area contributed by atoms with Crippen molar-refractivity contribution in [3.63, 3.8) is 0 Å². The van der Waals surface area contributed by atoms with E-state index in [4.69, 9.17) is 9.47 Å². The first-order valence-electron chi connectivity index (χ1n) is 7.32. The summed E-state index contributed by atoms with van der Waals surface area (Å²) in [5, 5.41) is 3.54. The fraction of sp³-hybridized carbons (Fsp3) is 1.00. The van der Waals surface area contributed by atoms with E-state index >= 15 is 0 Å². The van der Waals surface area contributed by atoms with E-state index in [1.165, 1.54) is 6.42 Å². The molecule has 0 aromatic carbocycles. The maximum atomic E-state index is 5.63. The molecule has 4 nitrogen and oxygen atoms in total. The molecule has 0 aliphatic carbocycles. The molecule has 2 fully saturated rings. The van der Waals surface area contributed by atoms with Gasteiger partial charge in [0.05, 0.1) is 19.3 Å². The molecule has 2 rings (SSSR count). The SMILES string of the molecule is CCNC1COCC1CN1CCC(OC)CC1C. The molecular weight excluding hydrogens is 228 g/mol. The molecule has 0 radical (unpaired) electrons. The lowest BCUT2D eigenvalue weighted by Crippen LogP contribution is -2.48. The minimum absolute atomic E-state index is 0.459. The lowest BCUT2D eigenvalue weighted by molar-refractivity contribution is 0.00901. The summed E-state index contributed by atoms with van der Waals surface area (Å²) in [5.74, 6) is 0.645. The highest BCUT2D eigenvalue weighted by atomic mass is 16.5. The Balaban J connectivity index is 1.82. The molecule has 0 spiro atoms. The second-order valence-electron chi connectivity index (χ2n) is 5.69. The van der Waals surface area contributed by atoms with Crippen LogP contribution in [0.25, 0.3) is 0 Å². The van der Waals surface area contributed by atoms with Crippen molar-refractivity contribution in [1.82, 2.24) is 10.2 Å². The van der Waals surface area contributed by atoms with Gasteiger partial charge >= 0.3 is 0 Å².